The second-order valence-corrected chi connectivity index (χ2v) is 9.44. The van der Waals surface area contributed by atoms with Gasteiger partial charge in [-0.05, 0) is 50.1 Å². The molecule has 1 aliphatic carbocycles. The summed E-state index contributed by atoms with van der Waals surface area (Å²) in [6.07, 6.45) is 5.32. The molecule has 1 aliphatic heterocycles. The summed E-state index contributed by atoms with van der Waals surface area (Å²) in [6, 6.07) is 2.30. The Balaban J connectivity index is 1.55. The number of nitrogens with one attached hydrogen (secondary N) is 1. The minimum Gasteiger partial charge on any atom is -0.349 e. The average molecular weight is 403 g/mol. The zero-order chi connectivity index (χ0) is 20.3. The standard InChI is InChI=1S/C21H30N4O2S/c1-14-6-7-16-17(12-22)20(28-18(16)11-14)23-19(26)8-10-25-9-4-5-15(13-25)21(27)24(2)3/h14-15H,4-11,13H2,1-3H3,(H,23,26). The van der Waals surface area contributed by atoms with Crippen molar-refractivity contribution in [1.29, 1.82) is 5.26 Å². The van der Waals surface area contributed by atoms with Crippen molar-refractivity contribution in [3.8, 4) is 6.07 Å². The Hall–Kier alpha value is -1.91. The summed E-state index contributed by atoms with van der Waals surface area (Å²) in [7, 11) is 3.59. The topological polar surface area (TPSA) is 76.4 Å². The number of rotatable bonds is 5. The average Bonchev–Trinajstić information content (AvgIpc) is 3.01. The maximum atomic E-state index is 12.5. The van der Waals surface area contributed by atoms with Crippen LogP contribution in [0, 0.1) is 23.2 Å². The van der Waals surface area contributed by atoms with Crippen molar-refractivity contribution in [2.45, 2.75) is 45.4 Å². The number of anilines is 1. The van der Waals surface area contributed by atoms with Crippen LogP contribution in [-0.4, -0.2) is 55.3 Å². The fourth-order valence-electron chi connectivity index (χ4n) is 4.23. The number of fused-ring (bicyclic) bond motifs is 1. The molecule has 0 bridgehead atoms. The molecule has 6 nitrogen and oxygen atoms in total. The monoisotopic (exact) mass is 402 g/mol. The molecule has 1 aromatic heterocycles. The summed E-state index contributed by atoms with van der Waals surface area (Å²) in [5, 5.41) is 13.3. The maximum absolute atomic E-state index is 12.5. The number of nitriles is 1. The van der Waals surface area contributed by atoms with Gasteiger partial charge in [-0.25, -0.2) is 0 Å². The van der Waals surface area contributed by atoms with E-state index in [1.165, 1.54) is 4.88 Å². The maximum Gasteiger partial charge on any atom is 0.226 e. The van der Waals surface area contributed by atoms with E-state index >= 15 is 0 Å². The van der Waals surface area contributed by atoms with Crippen LogP contribution in [0.5, 0.6) is 0 Å². The van der Waals surface area contributed by atoms with E-state index in [1.54, 1.807) is 30.3 Å². The molecule has 1 N–H and O–H groups in total. The molecule has 2 heterocycles. The van der Waals surface area contributed by atoms with E-state index in [-0.39, 0.29) is 17.7 Å². The van der Waals surface area contributed by atoms with Gasteiger partial charge in [0.25, 0.3) is 0 Å². The van der Waals surface area contributed by atoms with Crippen molar-refractivity contribution >= 4 is 28.2 Å². The largest absolute Gasteiger partial charge is 0.349 e. The molecule has 28 heavy (non-hydrogen) atoms. The van der Waals surface area contributed by atoms with Gasteiger partial charge in [0.05, 0.1) is 11.5 Å². The fraction of sp³-hybridized carbons (Fsp3) is 0.667. The van der Waals surface area contributed by atoms with Crippen LogP contribution in [0.3, 0.4) is 0 Å². The Labute approximate surface area is 171 Å². The third kappa shape index (κ3) is 4.73. The van der Waals surface area contributed by atoms with Crippen molar-refractivity contribution in [3.63, 3.8) is 0 Å². The molecule has 0 radical (unpaired) electrons. The summed E-state index contributed by atoms with van der Waals surface area (Å²) >= 11 is 1.57. The van der Waals surface area contributed by atoms with E-state index in [0.717, 1.165) is 50.8 Å². The third-order valence-corrected chi connectivity index (χ3v) is 7.00. The first-order valence-electron chi connectivity index (χ1n) is 10.2. The SMILES string of the molecule is CC1CCc2c(sc(NC(=O)CCN3CCCC(C(=O)N(C)C)C3)c2C#N)C1. The predicted octanol–water partition coefficient (Wildman–Crippen LogP) is 2.87. The molecule has 0 spiro atoms. The molecular formula is C21H30N4O2S. The highest BCUT2D eigenvalue weighted by Gasteiger charge is 2.28. The van der Waals surface area contributed by atoms with Crippen molar-refractivity contribution in [1.82, 2.24) is 9.80 Å². The van der Waals surface area contributed by atoms with Crippen LogP contribution in [0.25, 0.3) is 0 Å². The smallest absolute Gasteiger partial charge is 0.226 e. The Morgan fingerprint density at radius 1 is 1.36 bits per heavy atom. The molecule has 1 saturated heterocycles. The first kappa shape index (κ1) is 20.8. The van der Waals surface area contributed by atoms with Crippen LogP contribution in [0.2, 0.25) is 0 Å². The lowest BCUT2D eigenvalue weighted by molar-refractivity contribution is -0.134. The fourth-order valence-corrected chi connectivity index (χ4v) is 5.61. The molecule has 2 atom stereocenters. The molecule has 0 aromatic carbocycles. The number of thiophene rings is 1. The third-order valence-electron chi connectivity index (χ3n) is 5.83. The Bertz CT molecular complexity index is 780. The summed E-state index contributed by atoms with van der Waals surface area (Å²) < 4.78 is 0. The molecular weight excluding hydrogens is 372 g/mol. The summed E-state index contributed by atoms with van der Waals surface area (Å²) in [6.45, 7) is 4.53. The van der Waals surface area contributed by atoms with Gasteiger partial charge in [-0.3, -0.25) is 9.59 Å². The molecule has 3 rings (SSSR count). The number of carbonyl (C=O) groups is 2. The zero-order valence-electron chi connectivity index (χ0n) is 17.1. The van der Waals surface area contributed by atoms with E-state index < -0.39 is 0 Å². The van der Waals surface area contributed by atoms with E-state index in [9.17, 15) is 14.9 Å². The van der Waals surface area contributed by atoms with Gasteiger partial charge in [0.2, 0.25) is 11.8 Å². The van der Waals surface area contributed by atoms with Crippen LogP contribution < -0.4 is 5.32 Å². The lowest BCUT2D eigenvalue weighted by Gasteiger charge is -2.33. The molecule has 1 fully saturated rings. The zero-order valence-corrected chi connectivity index (χ0v) is 17.9. The van der Waals surface area contributed by atoms with Crippen molar-refractivity contribution in [3.05, 3.63) is 16.0 Å². The summed E-state index contributed by atoms with van der Waals surface area (Å²) in [4.78, 5) is 29.8. The Morgan fingerprint density at radius 3 is 2.86 bits per heavy atom. The van der Waals surface area contributed by atoms with E-state index in [1.807, 2.05) is 0 Å². The van der Waals surface area contributed by atoms with Crippen LogP contribution in [-0.2, 0) is 22.4 Å². The minimum absolute atomic E-state index is 0.0306. The molecule has 7 heteroatoms. The summed E-state index contributed by atoms with van der Waals surface area (Å²) in [5.74, 6) is 0.789. The van der Waals surface area contributed by atoms with Gasteiger partial charge in [0, 0.05) is 38.5 Å². The minimum atomic E-state index is -0.0517. The number of piperidine rings is 1. The van der Waals surface area contributed by atoms with Crippen molar-refractivity contribution in [2.75, 3.05) is 39.0 Å². The first-order chi connectivity index (χ1) is 13.4. The molecule has 2 amide bonds. The normalized spacial score (nSPS) is 22.2. The van der Waals surface area contributed by atoms with Gasteiger partial charge >= 0.3 is 0 Å². The van der Waals surface area contributed by atoms with Crippen LogP contribution in [0.1, 0.15) is 48.6 Å². The van der Waals surface area contributed by atoms with E-state index in [0.29, 0.717) is 29.4 Å². The van der Waals surface area contributed by atoms with E-state index in [2.05, 4.69) is 23.2 Å². The van der Waals surface area contributed by atoms with Crippen LogP contribution >= 0.6 is 11.3 Å². The van der Waals surface area contributed by atoms with E-state index in [4.69, 9.17) is 0 Å². The predicted molar refractivity (Wildman–Crippen MR) is 111 cm³/mol. The van der Waals surface area contributed by atoms with Crippen LogP contribution in [0.15, 0.2) is 0 Å². The van der Waals surface area contributed by atoms with Gasteiger partial charge in [-0.2, -0.15) is 5.26 Å². The highest BCUT2D eigenvalue weighted by molar-refractivity contribution is 7.16. The lowest BCUT2D eigenvalue weighted by Crippen LogP contribution is -2.43. The lowest BCUT2D eigenvalue weighted by atomic mass is 9.89. The van der Waals surface area contributed by atoms with Crippen molar-refractivity contribution in [2.24, 2.45) is 11.8 Å². The Kier molecular flexibility index (Phi) is 6.73. The Morgan fingerprint density at radius 2 is 2.14 bits per heavy atom. The molecule has 152 valence electrons. The highest BCUT2D eigenvalue weighted by atomic mass is 32.1. The van der Waals surface area contributed by atoms with Crippen LogP contribution in [0.4, 0.5) is 5.00 Å². The molecule has 1 aromatic rings. The first-order valence-corrected chi connectivity index (χ1v) is 11.0. The van der Waals surface area contributed by atoms with Gasteiger partial charge in [-0.15, -0.1) is 11.3 Å². The molecule has 0 saturated carbocycles. The van der Waals surface area contributed by atoms with Gasteiger partial charge in [-0.1, -0.05) is 6.92 Å². The number of amides is 2. The number of carbonyl (C=O) groups excluding carboxylic acids is 2. The second-order valence-electron chi connectivity index (χ2n) is 8.34. The number of likely N-dealkylation sites (tertiary alicyclic amines) is 1. The number of hydrogen-bond acceptors (Lipinski definition) is 5. The van der Waals surface area contributed by atoms with Gasteiger partial charge < -0.3 is 15.1 Å². The second kappa shape index (κ2) is 9.06. The highest BCUT2D eigenvalue weighted by Crippen LogP contribution is 2.39. The number of hydrogen-bond donors (Lipinski definition) is 1. The quantitative estimate of drug-likeness (QED) is 0.822. The van der Waals surface area contributed by atoms with Crippen molar-refractivity contribution < 1.29 is 9.59 Å². The molecule has 2 aliphatic rings. The number of nitrogens with zero attached hydrogens (tertiary/aromatic N) is 3. The van der Waals surface area contributed by atoms with Gasteiger partial charge in [0.1, 0.15) is 11.1 Å². The summed E-state index contributed by atoms with van der Waals surface area (Å²) in [5.41, 5.74) is 1.80. The molecule has 2 unspecified atom stereocenters. The van der Waals surface area contributed by atoms with Gasteiger partial charge in [0.15, 0.2) is 0 Å².